The van der Waals surface area contributed by atoms with E-state index in [1.54, 1.807) is 0 Å². The molecule has 30 heavy (non-hydrogen) atoms. The average molecular weight is 460 g/mol. The molecular formula is C19H29F9O2. The third-order valence-electron chi connectivity index (χ3n) is 5.26. The lowest BCUT2D eigenvalue weighted by Gasteiger charge is -2.42. The van der Waals surface area contributed by atoms with E-state index < -0.39 is 48.7 Å². The second-order valence-electron chi connectivity index (χ2n) is 7.52. The first-order chi connectivity index (χ1) is 13.6. The van der Waals surface area contributed by atoms with E-state index in [4.69, 9.17) is 5.11 Å². The van der Waals surface area contributed by atoms with Crippen molar-refractivity contribution >= 4 is 5.97 Å². The summed E-state index contributed by atoms with van der Waals surface area (Å²) >= 11 is 0. The molecule has 0 aliphatic heterocycles. The summed E-state index contributed by atoms with van der Waals surface area (Å²) in [4.78, 5) is 11.1. The van der Waals surface area contributed by atoms with E-state index in [1.807, 2.05) is 0 Å². The quantitative estimate of drug-likeness (QED) is 0.210. The van der Waals surface area contributed by atoms with Crippen LogP contribution in [-0.4, -0.2) is 29.6 Å². The number of unbranched alkanes of at least 4 members (excludes halogenated alkanes) is 10. The maximum atomic E-state index is 13.1. The van der Waals surface area contributed by atoms with Gasteiger partial charge < -0.3 is 5.11 Å². The summed E-state index contributed by atoms with van der Waals surface area (Å²) in [6.45, 7) is 2.08. The van der Waals surface area contributed by atoms with Gasteiger partial charge in [0.2, 0.25) is 0 Å². The van der Waals surface area contributed by atoms with Crippen molar-refractivity contribution in [3.63, 3.8) is 0 Å². The van der Waals surface area contributed by atoms with Gasteiger partial charge in [0.25, 0.3) is 5.41 Å². The van der Waals surface area contributed by atoms with Gasteiger partial charge in [-0.2, -0.15) is 39.5 Å². The molecule has 180 valence electrons. The fourth-order valence-electron chi connectivity index (χ4n) is 3.61. The number of hydrogen-bond acceptors (Lipinski definition) is 1. The smallest absolute Gasteiger partial charge is 0.412 e. The molecule has 1 atom stereocenters. The number of carboxylic acids is 1. The maximum absolute atomic E-state index is 13.1. The summed E-state index contributed by atoms with van der Waals surface area (Å²) in [5, 5.41) is 8.86. The fourth-order valence-corrected chi connectivity index (χ4v) is 3.61. The second kappa shape index (κ2) is 12.0. The number of carboxylic acid groups (broad SMARTS) is 1. The molecule has 2 nitrogen and oxygen atoms in total. The van der Waals surface area contributed by atoms with Crippen molar-refractivity contribution < 1.29 is 49.4 Å². The molecular weight excluding hydrogens is 431 g/mol. The molecule has 0 radical (unpaired) electrons. The van der Waals surface area contributed by atoms with E-state index in [0.29, 0.717) is 12.8 Å². The van der Waals surface area contributed by atoms with Crippen LogP contribution in [0.2, 0.25) is 0 Å². The standard InChI is InChI=1S/C19H29F9O2/c1-2-3-4-5-6-7-8-9-10-11-12-13-14(15(29)30)16(17(20,21)22,18(23,24)25)19(26,27)28/h14H,2-13H2,1H3,(H,29,30). The molecule has 0 rings (SSSR count). The molecule has 0 aromatic carbocycles. The number of aliphatic carboxylic acids is 1. The predicted molar refractivity (Wildman–Crippen MR) is 92.8 cm³/mol. The van der Waals surface area contributed by atoms with Crippen molar-refractivity contribution in [2.75, 3.05) is 0 Å². The summed E-state index contributed by atoms with van der Waals surface area (Å²) in [6.07, 6.45) is -14.2. The summed E-state index contributed by atoms with van der Waals surface area (Å²) in [6, 6.07) is 0. The van der Waals surface area contributed by atoms with E-state index in [1.165, 1.54) is 0 Å². The van der Waals surface area contributed by atoms with Gasteiger partial charge in [-0.15, -0.1) is 0 Å². The summed E-state index contributed by atoms with van der Waals surface area (Å²) in [5.41, 5.74) is -6.31. The Bertz CT molecular complexity index is 460. The number of halogens is 9. The van der Waals surface area contributed by atoms with Crippen LogP contribution in [0.1, 0.15) is 84.0 Å². The molecule has 0 bridgehead atoms. The van der Waals surface area contributed by atoms with Gasteiger partial charge >= 0.3 is 24.5 Å². The van der Waals surface area contributed by atoms with Crippen LogP contribution in [0.25, 0.3) is 0 Å². The largest absolute Gasteiger partial charge is 0.481 e. The van der Waals surface area contributed by atoms with Crippen molar-refractivity contribution in [1.82, 2.24) is 0 Å². The number of hydrogen-bond donors (Lipinski definition) is 1. The number of rotatable bonds is 14. The second-order valence-corrected chi connectivity index (χ2v) is 7.52. The van der Waals surface area contributed by atoms with E-state index in [9.17, 15) is 44.3 Å². The molecule has 0 amide bonds. The highest BCUT2D eigenvalue weighted by atomic mass is 19.4. The van der Waals surface area contributed by atoms with E-state index >= 15 is 0 Å². The van der Waals surface area contributed by atoms with Gasteiger partial charge in [-0.25, -0.2) is 0 Å². The SMILES string of the molecule is CCCCCCCCCCCCCC(C(=O)O)C(C(F)(F)F)(C(F)(F)F)C(F)(F)F. The molecule has 0 aromatic heterocycles. The van der Waals surface area contributed by atoms with Crippen LogP contribution in [0.4, 0.5) is 39.5 Å². The lowest BCUT2D eigenvalue weighted by molar-refractivity contribution is -0.440. The van der Waals surface area contributed by atoms with Gasteiger partial charge in [0.15, 0.2) is 0 Å². The number of carbonyl (C=O) groups is 1. The average Bonchev–Trinajstić information content (AvgIpc) is 2.54. The molecule has 0 fully saturated rings. The fraction of sp³-hybridized carbons (Fsp3) is 0.947. The normalized spacial score (nSPS) is 14.7. The highest BCUT2D eigenvalue weighted by molar-refractivity contribution is 5.71. The zero-order valence-electron chi connectivity index (χ0n) is 16.8. The first kappa shape index (κ1) is 28.8. The Morgan fingerprint density at radius 2 is 0.933 bits per heavy atom. The van der Waals surface area contributed by atoms with Crippen molar-refractivity contribution in [2.24, 2.45) is 11.3 Å². The zero-order valence-corrected chi connectivity index (χ0v) is 16.8. The molecule has 1 unspecified atom stereocenters. The molecule has 0 saturated carbocycles. The topological polar surface area (TPSA) is 37.3 Å². The van der Waals surface area contributed by atoms with Gasteiger partial charge in [-0.3, -0.25) is 4.79 Å². The highest BCUT2D eigenvalue weighted by Gasteiger charge is 2.87. The molecule has 0 saturated heterocycles. The number of alkyl halides is 9. The molecule has 0 heterocycles. The van der Waals surface area contributed by atoms with Crippen molar-refractivity contribution in [3.05, 3.63) is 0 Å². The van der Waals surface area contributed by atoms with Crippen molar-refractivity contribution in [3.8, 4) is 0 Å². The highest BCUT2D eigenvalue weighted by Crippen LogP contribution is 2.64. The summed E-state index contributed by atoms with van der Waals surface area (Å²) in [5.74, 6) is -6.47. The first-order valence-electron chi connectivity index (χ1n) is 10.1. The maximum Gasteiger partial charge on any atom is 0.412 e. The Balaban J connectivity index is 4.93. The molecule has 1 N–H and O–H groups in total. The van der Waals surface area contributed by atoms with Gasteiger partial charge in [0, 0.05) is 0 Å². The van der Waals surface area contributed by atoms with Crippen LogP contribution in [0.5, 0.6) is 0 Å². The zero-order chi connectivity index (χ0) is 23.6. The van der Waals surface area contributed by atoms with Crippen molar-refractivity contribution in [1.29, 1.82) is 0 Å². The van der Waals surface area contributed by atoms with Crippen LogP contribution in [0.15, 0.2) is 0 Å². The molecule has 0 aromatic rings. The Morgan fingerprint density at radius 3 is 1.20 bits per heavy atom. The molecule has 0 aliphatic rings. The minimum Gasteiger partial charge on any atom is -0.481 e. The monoisotopic (exact) mass is 460 g/mol. The molecule has 11 heteroatoms. The van der Waals surface area contributed by atoms with Crippen LogP contribution in [0.3, 0.4) is 0 Å². The lowest BCUT2D eigenvalue weighted by Crippen LogP contribution is -2.65. The lowest BCUT2D eigenvalue weighted by atomic mass is 9.70. The minimum atomic E-state index is -6.86. The molecule has 0 spiro atoms. The third-order valence-corrected chi connectivity index (χ3v) is 5.26. The van der Waals surface area contributed by atoms with Crippen LogP contribution < -0.4 is 0 Å². The Morgan fingerprint density at radius 1 is 0.633 bits per heavy atom. The summed E-state index contributed by atoms with van der Waals surface area (Å²) in [7, 11) is 0. The minimum absolute atomic E-state index is 0.0588. The van der Waals surface area contributed by atoms with Crippen LogP contribution in [-0.2, 0) is 4.79 Å². The predicted octanol–water partition coefficient (Wildman–Crippen LogP) is 8.06. The van der Waals surface area contributed by atoms with E-state index in [2.05, 4.69) is 6.92 Å². The Kier molecular flexibility index (Phi) is 11.6. The summed E-state index contributed by atoms with van der Waals surface area (Å²) < 4.78 is 118. The van der Waals surface area contributed by atoms with Crippen LogP contribution >= 0.6 is 0 Å². The Labute approximate surface area is 170 Å². The third kappa shape index (κ3) is 7.51. The first-order valence-corrected chi connectivity index (χ1v) is 10.1. The van der Waals surface area contributed by atoms with Gasteiger partial charge in [-0.05, 0) is 6.42 Å². The van der Waals surface area contributed by atoms with Gasteiger partial charge in [0.05, 0.1) is 5.92 Å². The van der Waals surface area contributed by atoms with Crippen molar-refractivity contribution in [2.45, 2.75) is 103 Å². The van der Waals surface area contributed by atoms with Gasteiger partial charge in [-0.1, -0.05) is 77.6 Å². The van der Waals surface area contributed by atoms with Gasteiger partial charge in [0.1, 0.15) is 0 Å². The van der Waals surface area contributed by atoms with E-state index in [-0.39, 0.29) is 6.42 Å². The van der Waals surface area contributed by atoms with Crippen LogP contribution in [0, 0.1) is 11.3 Å². The van der Waals surface area contributed by atoms with E-state index in [0.717, 1.165) is 44.9 Å². The molecule has 0 aliphatic carbocycles. The Hall–Kier alpha value is -1.16.